The lowest BCUT2D eigenvalue weighted by Crippen LogP contribution is -2.25. The fourth-order valence-electron chi connectivity index (χ4n) is 3.33. The highest BCUT2D eigenvalue weighted by molar-refractivity contribution is 5.92. The maximum absolute atomic E-state index is 13.3. The fourth-order valence-corrected chi connectivity index (χ4v) is 3.33. The van der Waals surface area contributed by atoms with Crippen LogP contribution in [0.25, 0.3) is 16.5 Å². The Balaban J connectivity index is 1.85. The highest BCUT2D eigenvalue weighted by Crippen LogP contribution is 2.31. The molecule has 1 N–H and O–H groups in total. The Hall–Kier alpha value is -4.29. The van der Waals surface area contributed by atoms with Gasteiger partial charge in [-0.2, -0.15) is 17.9 Å². The van der Waals surface area contributed by atoms with E-state index in [1.165, 1.54) is 12.1 Å². The summed E-state index contributed by atoms with van der Waals surface area (Å²) in [5.74, 6) is -0.645. The zero-order chi connectivity index (χ0) is 25.5. The molecule has 0 saturated carbocycles. The molecule has 2 aromatic heterocycles. The van der Waals surface area contributed by atoms with Crippen LogP contribution in [0, 0.1) is 0 Å². The van der Waals surface area contributed by atoms with Crippen LogP contribution in [0.2, 0.25) is 0 Å². The summed E-state index contributed by atoms with van der Waals surface area (Å²) in [5.41, 5.74) is -2.91. The highest BCUT2D eigenvalue weighted by Gasteiger charge is 2.32. The molecule has 0 aliphatic rings. The van der Waals surface area contributed by atoms with Crippen LogP contribution in [0.3, 0.4) is 0 Å². The summed E-state index contributed by atoms with van der Waals surface area (Å²) in [5, 5.41) is 7.02. The lowest BCUT2D eigenvalue weighted by molar-refractivity contribution is -0.274. The molecule has 0 aliphatic carbocycles. The molecular weight excluding hydrogens is 482 g/mol. The van der Waals surface area contributed by atoms with E-state index in [9.17, 15) is 35.9 Å². The van der Waals surface area contributed by atoms with Gasteiger partial charge in [0.1, 0.15) is 11.4 Å². The first-order valence-electron chi connectivity index (χ1n) is 9.76. The molecule has 0 saturated heterocycles. The van der Waals surface area contributed by atoms with Gasteiger partial charge in [-0.15, -0.1) is 18.3 Å². The molecule has 4 rings (SSSR count). The van der Waals surface area contributed by atoms with Crippen molar-refractivity contribution < 1.29 is 31.1 Å². The van der Waals surface area contributed by atoms with Gasteiger partial charge in [-0.1, -0.05) is 18.2 Å². The van der Waals surface area contributed by atoms with E-state index in [4.69, 9.17) is 0 Å². The van der Waals surface area contributed by atoms with Gasteiger partial charge in [-0.25, -0.2) is 0 Å². The molecule has 13 heteroatoms. The van der Waals surface area contributed by atoms with E-state index < -0.39 is 40.7 Å². The monoisotopic (exact) mass is 496 g/mol. The van der Waals surface area contributed by atoms with Crippen LogP contribution in [-0.4, -0.2) is 20.7 Å². The standard InChI is InChI=1S/C22H14F6N4O3/c1-31-11-12(21(23,24)25)10-17(20(31)34)29-18-15-4-2-3-5-16(15)19(33)32(30-18)13-6-8-14(9-7-13)35-22(26,27)28/h2-11H,1H3,(H,29,30). The molecule has 0 unspecified atom stereocenters. The lowest BCUT2D eigenvalue weighted by Gasteiger charge is -2.15. The molecule has 0 radical (unpaired) electrons. The van der Waals surface area contributed by atoms with Gasteiger partial charge in [0.2, 0.25) is 0 Å². The number of ether oxygens (including phenoxy) is 1. The largest absolute Gasteiger partial charge is 0.573 e. The van der Waals surface area contributed by atoms with Gasteiger partial charge in [-0.3, -0.25) is 9.59 Å². The second kappa shape index (κ2) is 8.49. The van der Waals surface area contributed by atoms with Crippen molar-refractivity contribution in [1.82, 2.24) is 14.3 Å². The summed E-state index contributed by atoms with van der Waals surface area (Å²) in [6.45, 7) is 0. The third-order valence-electron chi connectivity index (χ3n) is 4.88. The summed E-state index contributed by atoms with van der Waals surface area (Å²) in [4.78, 5) is 25.5. The summed E-state index contributed by atoms with van der Waals surface area (Å²) < 4.78 is 82.5. The van der Waals surface area contributed by atoms with Gasteiger partial charge in [-0.05, 0) is 36.4 Å². The van der Waals surface area contributed by atoms with Crippen LogP contribution in [0.15, 0.2) is 70.4 Å². The number of hydrogen-bond acceptors (Lipinski definition) is 5. The number of nitrogens with one attached hydrogen (secondary N) is 1. The van der Waals surface area contributed by atoms with Crippen molar-refractivity contribution >= 4 is 22.3 Å². The summed E-state index contributed by atoms with van der Waals surface area (Å²) in [7, 11) is 1.15. The predicted molar refractivity (Wildman–Crippen MR) is 114 cm³/mol. The zero-order valence-electron chi connectivity index (χ0n) is 17.6. The van der Waals surface area contributed by atoms with Gasteiger partial charge < -0.3 is 14.6 Å². The van der Waals surface area contributed by atoms with Crippen molar-refractivity contribution in [3.63, 3.8) is 0 Å². The number of pyridine rings is 1. The first kappa shape index (κ1) is 23.9. The number of hydrogen-bond donors (Lipinski definition) is 1. The van der Waals surface area contributed by atoms with Gasteiger partial charge in [0.15, 0.2) is 5.82 Å². The van der Waals surface area contributed by atoms with E-state index in [1.807, 2.05) is 0 Å². The minimum absolute atomic E-state index is 0.0512. The van der Waals surface area contributed by atoms with Gasteiger partial charge in [0, 0.05) is 18.6 Å². The fraction of sp³-hybridized carbons (Fsp3) is 0.136. The number of alkyl halides is 6. The normalized spacial score (nSPS) is 12.1. The molecule has 2 aromatic carbocycles. The number of fused-ring (bicyclic) bond motifs is 1. The predicted octanol–water partition coefficient (Wildman–Crippen LogP) is 4.75. The highest BCUT2D eigenvalue weighted by atomic mass is 19.4. The summed E-state index contributed by atoms with van der Waals surface area (Å²) >= 11 is 0. The average molecular weight is 496 g/mol. The summed E-state index contributed by atoms with van der Waals surface area (Å²) in [6.07, 6.45) is -8.99. The molecule has 2 heterocycles. The van der Waals surface area contributed by atoms with Crippen LogP contribution in [0.1, 0.15) is 5.56 Å². The SMILES string of the molecule is Cn1cc(C(F)(F)F)cc(Nc2nn(-c3ccc(OC(F)(F)F)cc3)c(=O)c3ccccc23)c1=O. The quantitative estimate of drug-likeness (QED) is 0.413. The molecule has 0 bridgehead atoms. The van der Waals surface area contributed by atoms with Gasteiger partial charge in [0.05, 0.1) is 16.6 Å². The number of benzene rings is 2. The number of aromatic nitrogens is 3. The van der Waals surface area contributed by atoms with Crippen LogP contribution in [0.4, 0.5) is 37.8 Å². The molecule has 35 heavy (non-hydrogen) atoms. The Bertz CT molecular complexity index is 1520. The van der Waals surface area contributed by atoms with Gasteiger partial charge in [0.25, 0.3) is 11.1 Å². The van der Waals surface area contributed by atoms with Crippen LogP contribution >= 0.6 is 0 Å². The number of anilines is 2. The minimum atomic E-state index is -4.91. The molecule has 0 spiro atoms. The van der Waals surface area contributed by atoms with Gasteiger partial charge >= 0.3 is 12.5 Å². The Morgan fingerprint density at radius 1 is 0.886 bits per heavy atom. The average Bonchev–Trinajstić information content (AvgIpc) is 2.77. The second-order valence-corrected chi connectivity index (χ2v) is 7.33. The Labute approximate surface area is 191 Å². The summed E-state index contributed by atoms with van der Waals surface area (Å²) in [6, 6.07) is 10.9. The number of rotatable bonds is 4. The first-order valence-corrected chi connectivity index (χ1v) is 9.76. The third kappa shape index (κ3) is 4.98. The van der Waals surface area contributed by atoms with Crippen LogP contribution < -0.4 is 21.2 Å². The topological polar surface area (TPSA) is 78.2 Å². The first-order chi connectivity index (χ1) is 16.3. The van der Waals surface area contributed by atoms with Crippen molar-refractivity contribution in [2.45, 2.75) is 12.5 Å². The van der Waals surface area contributed by atoms with E-state index in [-0.39, 0.29) is 22.3 Å². The third-order valence-corrected chi connectivity index (χ3v) is 4.88. The molecule has 182 valence electrons. The molecule has 0 atom stereocenters. The van der Waals surface area contributed by atoms with E-state index in [0.717, 1.165) is 40.6 Å². The minimum Gasteiger partial charge on any atom is -0.406 e. The van der Waals surface area contributed by atoms with Crippen LogP contribution in [0.5, 0.6) is 5.75 Å². The van der Waals surface area contributed by atoms with E-state index in [0.29, 0.717) is 12.3 Å². The molecule has 4 aromatic rings. The Kier molecular flexibility index (Phi) is 5.79. The second-order valence-electron chi connectivity index (χ2n) is 7.33. The lowest BCUT2D eigenvalue weighted by atomic mass is 10.1. The maximum atomic E-state index is 13.3. The van der Waals surface area contributed by atoms with E-state index in [2.05, 4.69) is 15.2 Å². The van der Waals surface area contributed by atoms with E-state index in [1.54, 1.807) is 12.1 Å². The molecular formula is C22H14F6N4O3. The Morgan fingerprint density at radius 3 is 2.11 bits per heavy atom. The number of nitrogens with zero attached hydrogens (tertiary/aromatic N) is 3. The molecule has 0 aliphatic heterocycles. The number of aryl methyl sites for hydroxylation is 1. The molecule has 0 amide bonds. The van der Waals surface area contributed by atoms with Crippen molar-refractivity contribution in [1.29, 1.82) is 0 Å². The smallest absolute Gasteiger partial charge is 0.406 e. The molecule has 0 fully saturated rings. The van der Waals surface area contributed by atoms with E-state index >= 15 is 0 Å². The van der Waals surface area contributed by atoms with Crippen molar-refractivity contribution in [3.05, 3.63) is 87.1 Å². The van der Waals surface area contributed by atoms with Crippen molar-refractivity contribution in [3.8, 4) is 11.4 Å². The Morgan fingerprint density at radius 2 is 1.51 bits per heavy atom. The maximum Gasteiger partial charge on any atom is 0.573 e. The number of halogens is 6. The zero-order valence-corrected chi connectivity index (χ0v) is 17.6. The van der Waals surface area contributed by atoms with Crippen molar-refractivity contribution in [2.75, 3.05) is 5.32 Å². The molecule has 7 nitrogen and oxygen atoms in total. The van der Waals surface area contributed by atoms with Crippen molar-refractivity contribution in [2.24, 2.45) is 7.05 Å². The van der Waals surface area contributed by atoms with Crippen LogP contribution in [-0.2, 0) is 13.2 Å².